The van der Waals surface area contributed by atoms with Crippen molar-refractivity contribution in [3.8, 4) is 0 Å². The Labute approximate surface area is 175 Å². The van der Waals surface area contributed by atoms with E-state index < -0.39 is 17.4 Å². The van der Waals surface area contributed by atoms with Crippen LogP contribution in [0.3, 0.4) is 0 Å². The van der Waals surface area contributed by atoms with Crippen molar-refractivity contribution in [2.24, 2.45) is 0 Å². The summed E-state index contributed by atoms with van der Waals surface area (Å²) in [6.07, 6.45) is 0.140. The zero-order valence-electron chi connectivity index (χ0n) is 16.0. The van der Waals surface area contributed by atoms with Gasteiger partial charge in [-0.05, 0) is 35.7 Å². The largest absolute Gasteiger partial charge is 0.480 e. The molecule has 3 aromatic carbocycles. The molecule has 2 N–H and O–H groups in total. The number of benzene rings is 3. The van der Waals surface area contributed by atoms with Crippen molar-refractivity contribution in [2.45, 2.75) is 24.8 Å². The Bertz CT molecular complexity index is 950. The minimum atomic E-state index is -1.10. The van der Waals surface area contributed by atoms with Gasteiger partial charge in [-0.15, -0.1) is 0 Å². The van der Waals surface area contributed by atoms with Gasteiger partial charge in [0.2, 0.25) is 5.91 Å². The molecule has 1 atom stereocenters. The van der Waals surface area contributed by atoms with Crippen LogP contribution in [0.5, 0.6) is 0 Å². The molecule has 0 heterocycles. The summed E-state index contributed by atoms with van der Waals surface area (Å²) in [6, 6.07) is 24.6. The second kappa shape index (κ2) is 8.93. The van der Waals surface area contributed by atoms with E-state index in [4.69, 9.17) is 11.6 Å². The molecule has 3 aromatic rings. The Balaban J connectivity index is 1.94. The molecule has 0 aromatic heterocycles. The fourth-order valence-corrected chi connectivity index (χ4v) is 3.59. The van der Waals surface area contributed by atoms with Gasteiger partial charge in [0.05, 0.1) is 5.41 Å². The zero-order valence-corrected chi connectivity index (χ0v) is 16.8. The molecule has 29 heavy (non-hydrogen) atoms. The maximum atomic E-state index is 13.4. The molecule has 0 aliphatic heterocycles. The summed E-state index contributed by atoms with van der Waals surface area (Å²) >= 11 is 6.01. The van der Waals surface area contributed by atoms with E-state index in [2.05, 4.69) is 5.32 Å². The van der Waals surface area contributed by atoms with E-state index in [-0.39, 0.29) is 12.3 Å². The first-order valence-corrected chi connectivity index (χ1v) is 9.68. The lowest BCUT2D eigenvalue weighted by Gasteiger charge is -2.31. The zero-order chi connectivity index (χ0) is 20.9. The number of carboxylic acid groups (broad SMARTS) is 1. The van der Waals surface area contributed by atoms with Gasteiger partial charge in [-0.25, -0.2) is 4.79 Å². The standard InChI is InChI=1S/C24H22ClNO3/c1-24(18-10-4-2-5-11-18,19-12-6-3-7-13-19)23(29)26-21(22(27)28)16-17-9-8-14-20(25)15-17/h2-15,21H,16H2,1H3,(H,26,29)(H,27,28)/t21-/m1/s1. The molecular formula is C24H22ClNO3. The third kappa shape index (κ3) is 4.66. The number of hydrogen-bond donors (Lipinski definition) is 2. The van der Waals surface area contributed by atoms with Crippen LogP contribution in [0.2, 0.25) is 5.02 Å². The lowest BCUT2D eigenvalue weighted by atomic mass is 9.75. The lowest BCUT2D eigenvalue weighted by Crippen LogP contribution is -2.50. The fourth-order valence-electron chi connectivity index (χ4n) is 3.37. The second-order valence-electron chi connectivity index (χ2n) is 7.06. The highest BCUT2D eigenvalue weighted by Gasteiger charge is 2.38. The number of rotatable bonds is 7. The molecule has 0 aliphatic rings. The van der Waals surface area contributed by atoms with Crippen LogP contribution in [0.1, 0.15) is 23.6 Å². The molecular weight excluding hydrogens is 386 g/mol. The number of hydrogen-bond acceptors (Lipinski definition) is 2. The number of amides is 1. The summed E-state index contributed by atoms with van der Waals surface area (Å²) in [6.45, 7) is 1.81. The molecule has 3 rings (SSSR count). The smallest absolute Gasteiger partial charge is 0.326 e. The van der Waals surface area contributed by atoms with Crippen LogP contribution in [0.15, 0.2) is 84.9 Å². The van der Waals surface area contributed by atoms with Gasteiger partial charge in [0.1, 0.15) is 6.04 Å². The molecule has 0 saturated carbocycles. The number of carbonyl (C=O) groups excluding carboxylic acids is 1. The van der Waals surface area contributed by atoms with Crippen molar-refractivity contribution in [3.05, 3.63) is 107 Å². The Morgan fingerprint density at radius 2 is 1.48 bits per heavy atom. The quantitative estimate of drug-likeness (QED) is 0.607. The average molecular weight is 408 g/mol. The van der Waals surface area contributed by atoms with Crippen LogP contribution in [-0.2, 0) is 21.4 Å². The maximum absolute atomic E-state index is 13.4. The molecule has 0 radical (unpaired) electrons. The summed E-state index contributed by atoms with van der Waals surface area (Å²) in [5, 5.41) is 13.0. The van der Waals surface area contributed by atoms with E-state index in [1.165, 1.54) is 0 Å². The minimum absolute atomic E-state index is 0.140. The molecule has 0 bridgehead atoms. The van der Waals surface area contributed by atoms with Crippen LogP contribution in [0, 0.1) is 0 Å². The van der Waals surface area contributed by atoms with Gasteiger partial charge in [0, 0.05) is 11.4 Å². The number of carbonyl (C=O) groups is 2. The van der Waals surface area contributed by atoms with Gasteiger partial charge in [-0.1, -0.05) is 84.4 Å². The first-order valence-electron chi connectivity index (χ1n) is 9.30. The monoisotopic (exact) mass is 407 g/mol. The molecule has 5 heteroatoms. The van der Waals surface area contributed by atoms with Crippen LogP contribution in [-0.4, -0.2) is 23.0 Å². The highest BCUT2D eigenvalue weighted by atomic mass is 35.5. The number of halogens is 1. The average Bonchev–Trinajstić information content (AvgIpc) is 2.73. The van der Waals surface area contributed by atoms with Gasteiger partial charge >= 0.3 is 5.97 Å². The maximum Gasteiger partial charge on any atom is 0.326 e. The van der Waals surface area contributed by atoms with Gasteiger partial charge in [0.15, 0.2) is 0 Å². The summed E-state index contributed by atoms with van der Waals surface area (Å²) in [4.78, 5) is 25.3. The van der Waals surface area contributed by atoms with Crippen molar-refractivity contribution >= 4 is 23.5 Å². The van der Waals surface area contributed by atoms with Gasteiger partial charge < -0.3 is 10.4 Å². The van der Waals surface area contributed by atoms with Gasteiger partial charge in [0.25, 0.3) is 0 Å². The predicted molar refractivity (Wildman–Crippen MR) is 114 cm³/mol. The van der Waals surface area contributed by atoms with E-state index >= 15 is 0 Å². The van der Waals surface area contributed by atoms with Crippen molar-refractivity contribution in [1.29, 1.82) is 0 Å². The van der Waals surface area contributed by atoms with Crippen LogP contribution in [0.4, 0.5) is 0 Å². The molecule has 0 spiro atoms. The third-order valence-corrected chi connectivity index (χ3v) is 5.32. The lowest BCUT2D eigenvalue weighted by molar-refractivity contribution is -0.142. The van der Waals surface area contributed by atoms with Crippen molar-refractivity contribution in [3.63, 3.8) is 0 Å². The number of aliphatic carboxylic acids is 1. The topological polar surface area (TPSA) is 66.4 Å². The minimum Gasteiger partial charge on any atom is -0.480 e. The molecule has 0 unspecified atom stereocenters. The summed E-state index contributed by atoms with van der Waals surface area (Å²) in [5.74, 6) is -1.47. The Hall–Kier alpha value is -3.11. The van der Waals surface area contributed by atoms with Crippen LogP contribution < -0.4 is 5.32 Å². The van der Waals surface area contributed by atoms with E-state index in [1.807, 2.05) is 67.6 Å². The van der Waals surface area contributed by atoms with E-state index in [9.17, 15) is 14.7 Å². The Morgan fingerprint density at radius 3 is 1.97 bits per heavy atom. The van der Waals surface area contributed by atoms with Gasteiger partial charge in [-0.3, -0.25) is 4.79 Å². The Kier molecular flexibility index (Phi) is 6.35. The molecule has 0 saturated heterocycles. The summed E-state index contributed by atoms with van der Waals surface area (Å²) in [5.41, 5.74) is 1.28. The molecule has 1 amide bonds. The van der Waals surface area contributed by atoms with E-state index in [1.54, 1.807) is 24.3 Å². The first-order chi connectivity index (χ1) is 13.9. The third-order valence-electron chi connectivity index (χ3n) is 5.09. The van der Waals surface area contributed by atoms with E-state index in [0.717, 1.165) is 16.7 Å². The molecule has 4 nitrogen and oxygen atoms in total. The SMILES string of the molecule is CC(C(=O)N[C@H](Cc1cccc(Cl)c1)C(=O)O)(c1ccccc1)c1ccccc1. The number of nitrogens with one attached hydrogen (secondary N) is 1. The highest BCUT2D eigenvalue weighted by molar-refractivity contribution is 6.30. The van der Waals surface area contributed by atoms with Crippen molar-refractivity contribution in [1.82, 2.24) is 5.32 Å². The molecule has 148 valence electrons. The van der Waals surface area contributed by atoms with E-state index in [0.29, 0.717) is 5.02 Å². The van der Waals surface area contributed by atoms with Crippen LogP contribution >= 0.6 is 11.6 Å². The Morgan fingerprint density at radius 1 is 0.931 bits per heavy atom. The molecule has 0 fully saturated rings. The summed E-state index contributed by atoms with van der Waals surface area (Å²) < 4.78 is 0. The second-order valence-corrected chi connectivity index (χ2v) is 7.49. The number of carboxylic acids is 1. The van der Waals surface area contributed by atoms with Crippen LogP contribution in [0.25, 0.3) is 0 Å². The first kappa shape index (κ1) is 20.6. The highest BCUT2D eigenvalue weighted by Crippen LogP contribution is 2.32. The fraction of sp³-hybridized carbons (Fsp3) is 0.167. The molecule has 0 aliphatic carbocycles. The predicted octanol–water partition coefficient (Wildman–Crippen LogP) is 4.46. The van der Waals surface area contributed by atoms with Crippen molar-refractivity contribution in [2.75, 3.05) is 0 Å². The normalized spacial score (nSPS) is 12.2. The summed E-state index contributed by atoms with van der Waals surface area (Å²) in [7, 11) is 0. The van der Waals surface area contributed by atoms with Gasteiger partial charge in [-0.2, -0.15) is 0 Å². The van der Waals surface area contributed by atoms with Crippen molar-refractivity contribution < 1.29 is 14.7 Å².